The van der Waals surface area contributed by atoms with Gasteiger partial charge in [0, 0.05) is 36.0 Å². The first-order valence-corrected chi connectivity index (χ1v) is 12.3. The van der Waals surface area contributed by atoms with Crippen molar-refractivity contribution in [2.24, 2.45) is 0 Å². The maximum atomic E-state index is 14.8. The second-order valence-corrected chi connectivity index (χ2v) is 9.58. The number of rotatable bonds is 12. The molecule has 3 rings (SSSR count). The number of alkyl halides is 4. The molecule has 0 bridgehead atoms. The minimum Gasteiger partial charge on any atom is -0.339 e. The minimum absolute atomic E-state index is 0.0189. The fourth-order valence-electron chi connectivity index (χ4n) is 3.75. The lowest BCUT2D eigenvalue weighted by molar-refractivity contribution is -0.118. The summed E-state index contributed by atoms with van der Waals surface area (Å²) in [6.45, 7) is 3.31. The van der Waals surface area contributed by atoms with Gasteiger partial charge in [0.2, 0.25) is 18.3 Å². The van der Waals surface area contributed by atoms with Gasteiger partial charge in [0.25, 0.3) is 5.91 Å². The van der Waals surface area contributed by atoms with Crippen LogP contribution in [0.4, 0.5) is 19.0 Å². The maximum Gasteiger partial charge on any atom is 0.270 e. The van der Waals surface area contributed by atoms with Crippen molar-refractivity contribution in [3.63, 3.8) is 0 Å². The summed E-state index contributed by atoms with van der Waals surface area (Å²) in [6.07, 6.45) is -0.825. The van der Waals surface area contributed by atoms with Crippen LogP contribution in [0.1, 0.15) is 47.6 Å². The smallest absolute Gasteiger partial charge is 0.270 e. The van der Waals surface area contributed by atoms with Crippen LogP contribution in [0.5, 0.6) is 0 Å². The van der Waals surface area contributed by atoms with Crippen LogP contribution in [0.2, 0.25) is 0 Å². The van der Waals surface area contributed by atoms with Gasteiger partial charge in [-0.05, 0) is 51.3 Å². The number of hydrogen-bond donors (Lipinski definition) is 3. The van der Waals surface area contributed by atoms with Crippen LogP contribution in [0.3, 0.4) is 0 Å². The summed E-state index contributed by atoms with van der Waals surface area (Å²) in [4.78, 5) is 29.1. The van der Waals surface area contributed by atoms with Crippen molar-refractivity contribution >= 4 is 40.8 Å². The predicted octanol–water partition coefficient (Wildman–Crippen LogP) is 4.79. The molecule has 2 amide bonds. The number of carbonyl (C=O) groups excluding carboxylic acids is 2. The third-order valence-corrected chi connectivity index (χ3v) is 5.98. The lowest BCUT2D eigenvalue weighted by atomic mass is 10.1. The number of pyridine rings is 1. The molecular weight excluding hydrogens is 534 g/mol. The summed E-state index contributed by atoms with van der Waals surface area (Å²) in [5.74, 6) is -2.19. The van der Waals surface area contributed by atoms with E-state index in [1.807, 2.05) is 0 Å². The van der Waals surface area contributed by atoms with Crippen LogP contribution in [0.15, 0.2) is 24.4 Å². The van der Waals surface area contributed by atoms with E-state index in [9.17, 15) is 22.8 Å². The van der Waals surface area contributed by atoms with Crippen molar-refractivity contribution in [2.45, 2.75) is 63.4 Å². The van der Waals surface area contributed by atoms with Crippen molar-refractivity contribution in [1.29, 1.82) is 0 Å². The Morgan fingerprint density at radius 3 is 2.51 bits per heavy atom. The van der Waals surface area contributed by atoms with Gasteiger partial charge in [0.15, 0.2) is 0 Å². The molecule has 0 aromatic carbocycles. The monoisotopic (exact) mass is 559 g/mol. The van der Waals surface area contributed by atoms with Gasteiger partial charge in [-0.25, -0.2) is 13.8 Å². The number of amides is 2. The van der Waals surface area contributed by atoms with Crippen molar-refractivity contribution in [3.05, 3.63) is 47.4 Å². The Morgan fingerprint density at radius 2 is 1.89 bits per heavy atom. The zero-order valence-corrected chi connectivity index (χ0v) is 21.6. The Labute approximate surface area is 221 Å². The highest BCUT2D eigenvalue weighted by atomic mass is 35.5. The lowest BCUT2D eigenvalue weighted by Gasteiger charge is -2.19. The quantitative estimate of drug-likeness (QED) is 0.218. The number of aromatic amines is 1. The number of nitrogens with one attached hydrogen (secondary N) is 3. The molecular formula is C23H26Cl2F3N7O2. The van der Waals surface area contributed by atoms with Crippen molar-refractivity contribution < 1.29 is 22.8 Å². The average molecular weight is 560 g/mol. The van der Waals surface area contributed by atoms with Gasteiger partial charge in [-0.2, -0.15) is 14.6 Å². The number of anilines is 1. The largest absolute Gasteiger partial charge is 0.339 e. The van der Waals surface area contributed by atoms with E-state index in [1.165, 1.54) is 24.4 Å². The first kappa shape index (κ1) is 28.5. The predicted molar refractivity (Wildman–Crippen MR) is 133 cm³/mol. The van der Waals surface area contributed by atoms with E-state index >= 15 is 0 Å². The molecule has 0 saturated heterocycles. The second-order valence-electron chi connectivity index (χ2n) is 8.30. The van der Waals surface area contributed by atoms with Gasteiger partial charge < -0.3 is 10.6 Å². The molecule has 37 heavy (non-hydrogen) atoms. The highest BCUT2D eigenvalue weighted by Crippen LogP contribution is 2.28. The van der Waals surface area contributed by atoms with Crippen molar-refractivity contribution in [1.82, 2.24) is 30.3 Å². The lowest BCUT2D eigenvalue weighted by Crippen LogP contribution is -2.44. The third kappa shape index (κ3) is 7.68. The molecule has 3 aromatic rings. The molecule has 0 unspecified atom stereocenters. The highest BCUT2D eigenvalue weighted by Gasteiger charge is 2.25. The maximum absolute atomic E-state index is 14.8. The number of nitrogens with zero attached hydrogens (tertiary/aromatic N) is 4. The number of aromatic nitrogens is 5. The minimum atomic E-state index is -2.56. The summed E-state index contributed by atoms with van der Waals surface area (Å²) >= 11 is 11.6. The average Bonchev–Trinajstić information content (AvgIpc) is 3.43. The summed E-state index contributed by atoms with van der Waals surface area (Å²) in [5.41, 5.74) is 2.09. The molecule has 0 saturated carbocycles. The number of H-pyrrole nitrogens is 1. The fraction of sp³-hybridized carbons (Fsp3) is 0.435. The van der Waals surface area contributed by atoms with Gasteiger partial charge >= 0.3 is 0 Å². The summed E-state index contributed by atoms with van der Waals surface area (Å²) in [5, 5.41) is 15.8. The summed E-state index contributed by atoms with van der Waals surface area (Å²) in [7, 11) is 0. The molecule has 0 aliphatic carbocycles. The fourth-order valence-corrected chi connectivity index (χ4v) is 4.06. The Balaban J connectivity index is 1.75. The van der Waals surface area contributed by atoms with Crippen LogP contribution in [0.25, 0.3) is 11.1 Å². The zero-order valence-electron chi connectivity index (χ0n) is 20.1. The standard InChI is InChI=1S/C23H26Cl2F3N7O2/c1-12-20(13(2)34-33-12)14-6-7-19(31-21(14)28)32-22(36)15(4-3-5-17(24)25)30-23(37)16-8-10-29-35(16)11-9-18(26)27/h6-8,10,15,17-18H,3-5,9,11H2,1-2H3,(H,30,37)(H,33,34)(H,31,32,36)/t15-/m0/s1. The van der Waals surface area contributed by atoms with Crippen LogP contribution < -0.4 is 10.6 Å². The van der Waals surface area contributed by atoms with E-state index in [-0.39, 0.29) is 30.0 Å². The van der Waals surface area contributed by atoms with Crippen molar-refractivity contribution in [3.8, 4) is 11.1 Å². The Bertz CT molecular complexity index is 1210. The molecule has 0 spiro atoms. The molecule has 0 fully saturated rings. The number of halogens is 5. The normalized spacial score (nSPS) is 12.2. The van der Waals surface area contributed by atoms with Gasteiger partial charge in [-0.15, -0.1) is 23.2 Å². The van der Waals surface area contributed by atoms with E-state index in [1.54, 1.807) is 13.8 Å². The highest BCUT2D eigenvalue weighted by molar-refractivity contribution is 6.44. The molecule has 3 heterocycles. The molecule has 0 aliphatic heterocycles. The van der Waals surface area contributed by atoms with Crippen LogP contribution >= 0.6 is 23.2 Å². The molecule has 0 aliphatic rings. The van der Waals surface area contributed by atoms with Gasteiger partial charge in [-0.1, -0.05) is 0 Å². The Hall–Kier alpha value is -3.12. The second kappa shape index (κ2) is 12.9. The first-order valence-electron chi connectivity index (χ1n) is 11.4. The van der Waals surface area contributed by atoms with Gasteiger partial charge in [0.1, 0.15) is 22.4 Å². The van der Waals surface area contributed by atoms with E-state index < -0.39 is 41.5 Å². The first-order chi connectivity index (χ1) is 17.6. The van der Waals surface area contributed by atoms with Crippen molar-refractivity contribution in [2.75, 3.05) is 5.32 Å². The van der Waals surface area contributed by atoms with Crippen LogP contribution in [-0.2, 0) is 11.3 Å². The van der Waals surface area contributed by atoms with Gasteiger partial charge in [-0.3, -0.25) is 19.4 Å². The molecule has 14 heteroatoms. The van der Waals surface area contributed by atoms with E-state index in [0.717, 1.165) is 4.68 Å². The zero-order chi connectivity index (χ0) is 27.1. The Kier molecular flexibility index (Phi) is 9.93. The van der Waals surface area contributed by atoms with E-state index in [2.05, 4.69) is 30.9 Å². The van der Waals surface area contributed by atoms with E-state index in [4.69, 9.17) is 23.2 Å². The number of aryl methyl sites for hydroxylation is 3. The molecule has 0 radical (unpaired) electrons. The van der Waals surface area contributed by atoms with Crippen LogP contribution in [0, 0.1) is 19.8 Å². The number of hydrogen-bond acceptors (Lipinski definition) is 5. The Morgan fingerprint density at radius 1 is 1.14 bits per heavy atom. The summed E-state index contributed by atoms with van der Waals surface area (Å²) in [6, 6.07) is 3.21. The van der Waals surface area contributed by atoms with E-state index in [0.29, 0.717) is 29.8 Å². The topological polar surface area (TPSA) is 118 Å². The summed E-state index contributed by atoms with van der Waals surface area (Å²) < 4.78 is 41.2. The van der Waals surface area contributed by atoms with Gasteiger partial charge in [0.05, 0.1) is 5.69 Å². The molecule has 200 valence electrons. The SMILES string of the molecule is Cc1n[nH]c(C)c1-c1ccc(NC(=O)[C@H](CCCC(Cl)Cl)NC(=O)c2ccnn2CCC(F)F)nc1F. The molecule has 3 N–H and O–H groups in total. The molecule has 9 nitrogen and oxygen atoms in total. The number of carbonyl (C=O) groups is 2. The molecule has 3 aromatic heterocycles. The molecule has 1 atom stereocenters. The van der Waals surface area contributed by atoms with Crippen LogP contribution in [-0.4, -0.2) is 54.1 Å². The third-order valence-electron chi connectivity index (χ3n) is 5.54.